The minimum atomic E-state index is -3.93. The van der Waals surface area contributed by atoms with E-state index in [0.29, 0.717) is 20.8 Å². The molecule has 0 unspecified atom stereocenters. The van der Waals surface area contributed by atoms with Gasteiger partial charge < -0.3 is 14.0 Å². The second-order valence-corrected chi connectivity index (χ2v) is 11.4. The summed E-state index contributed by atoms with van der Waals surface area (Å²) in [6, 6.07) is 16.3. The number of amides is 1. The highest BCUT2D eigenvalue weighted by atomic mass is 35.5. The highest BCUT2D eigenvalue weighted by molar-refractivity contribution is 7.92. The number of rotatable bonds is 9. The number of ether oxygens (including phenoxy) is 2. The van der Waals surface area contributed by atoms with E-state index in [-0.39, 0.29) is 40.7 Å². The van der Waals surface area contributed by atoms with Crippen molar-refractivity contribution in [1.82, 2.24) is 4.57 Å². The van der Waals surface area contributed by atoms with Gasteiger partial charge in [-0.1, -0.05) is 29.0 Å². The molecular formula is C27H24ClN3O7S2. The molecule has 0 saturated heterocycles. The second kappa shape index (κ2) is 12.5. The first-order valence-electron chi connectivity index (χ1n) is 12.0. The lowest BCUT2D eigenvalue weighted by atomic mass is 10.2. The number of nitrogens with one attached hydrogen (secondary N) is 1. The molecule has 13 heteroatoms. The van der Waals surface area contributed by atoms with Crippen LogP contribution in [0, 0.1) is 0 Å². The van der Waals surface area contributed by atoms with Gasteiger partial charge in [0, 0.05) is 16.3 Å². The van der Waals surface area contributed by atoms with Crippen LogP contribution in [0.5, 0.6) is 0 Å². The molecule has 4 rings (SSSR count). The Morgan fingerprint density at radius 1 is 0.950 bits per heavy atom. The third kappa shape index (κ3) is 6.76. The van der Waals surface area contributed by atoms with Gasteiger partial charge in [-0.15, -0.1) is 0 Å². The van der Waals surface area contributed by atoms with Crippen LogP contribution in [0.25, 0.3) is 10.2 Å². The van der Waals surface area contributed by atoms with Crippen molar-refractivity contribution < 1.29 is 32.3 Å². The van der Waals surface area contributed by atoms with Crippen LogP contribution in [0.15, 0.2) is 76.6 Å². The molecular weight excluding hydrogens is 578 g/mol. The van der Waals surface area contributed by atoms with Crippen LogP contribution in [0.2, 0.25) is 5.02 Å². The maximum Gasteiger partial charge on any atom is 0.338 e. The number of aromatic nitrogens is 1. The van der Waals surface area contributed by atoms with Crippen molar-refractivity contribution in [3.8, 4) is 0 Å². The summed E-state index contributed by atoms with van der Waals surface area (Å²) in [7, 11) is -3.93. The second-order valence-electron chi connectivity index (χ2n) is 8.24. The normalized spacial score (nSPS) is 11.8. The van der Waals surface area contributed by atoms with Gasteiger partial charge in [0.25, 0.3) is 15.9 Å². The first-order valence-corrected chi connectivity index (χ1v) is 14.7. The average Bonchev–Trinajstić information content (AvgIpc) is 3.24. The Bertz CT molecular complexity index is 1760. The molecule has 1 aromatic heterocycles. The largest absolute Gasteiger partial charge is 0.465 e. The molecule has 40 heavy (non-hydrogen) atoms. The predicted octanol–water partition coefficient (Wildman–Crippen LogP) is 4.64. The van der Waals surface area contributed by atoms with E-state index in [1.807, 2.05) is 0 Å². The number of carbonyl (C=O) groups is 3. The van der Waals surface area contributed by atoms with Crippen molar-refractivity contribution in [2.75, 3.05) is 17.9 Å². The summed E-state index contributed by atoms with van der Waals surface area (Å²) in [6.45, 7) is 3.57. The quantitative estimate of drug-likeness (QED) is 0.276. The van der Waals surface area contributed by atoms with Crippen molar-refractivity contribution in [3.63, 3.8) is 0 Å². The fourth-order valence-corrected chi connectivity index (χ4v) is 5.93. The summed E-state index contributed by atoms with van der Waals surface area (Å²) >= 11 is 6.96. The maximum atomic E-state index is 13.2. The molecule has 0 bridgehead atoms. The van der Waals surface area contributed by atoms with E-state index in [0.717, 1.165) is 11.3 Å². The van der Waals surface area contributed by atoms with E-state index in [4.69, 9.17) is 21.1 Å². The van der Waals surface area contributed by atoms with Gasteiger partial charge in [-0.25, -0.2) is 13.2 Å². The van der Waals surface area contributed by atoms with E-state index in [9.17, 15) is 22.8 Å². The Hall–Kier alpha value is -4.00. The number of sulfonamides is 1. The molecule has 1 heterocycles. The number of hydrogen-bond acceptors (Lipinski definition) is 8. The van der Waals surface area contributed by atoms with Crippen molar-refractivity contribution in [2.45, 2.75) is 25.3 Å². The molecule has 0 radical (unpaired) electrons. The summed E-state index contributed by atoms with van der Waals surface area (Å²) in [5.41, 5.74) is 1.16. The molecule has 0 spiro atoms. The summed E-state index contributed by atoms with van der Waals surface area (Å²) in [5.74, 6) is -1.69. The Morgan fingerprint density at radius 2 is 1.68 bits per heavy atom. The number of thiazole rings is 1. The van der Waals surface area contributed by atoms with Gasteiger partial charge in [0.05, 0.1) is 33.9 Å². The molecule has 0 atom stereocenters. The minimum absolute atomic E-state index is 0.00536. The molecule has 3 aromatic carbocycles. The average molecular weight is 602 g/mol. The Balaban J connectivity index is 1.70. The third-order valence-electron chi connectivity index (χ3n) is 5.47. The van der Waals surface area contributed by atoms with Crippen LogP contribution in [-0.4, -0.2) is 44.0 Å². The number of carbonyl (C=O) groups excluding carboxylic acids is 3. The molecule has 4 aromatic rings. The number of anilines is 1. The Kier molecular flexibility index (Phi) is 9.03. The first-order chi connectivity index (χ1) is 19.1. The monoisotopic (exact) mass is 601 g/mol. The molecule has 10 nitrogen and oxygen atoms in total. The van der Waals surface area contributed by atoms with Crippen LogP contribution in [0.3, 0.4) is 0 Å². The highest BCUT2D eigenvalue weighted by Crippen LogP contribution is 2.22. The van der Waals surface area contributed by atoms with Crippen molar-refractivity contribution in [1.29, 1.82) is 0 Å². The van der Waals surface area contributed by atoms with E-state index in [1.165, 1.54) is 53.1 Å². The molecule has 0 fully saturated rings. The van der Waals surface area contributed by atoms with Crippen molar-refractivity contribution in [3.05, 3.63) is 87.7 Å². The topological polar surface area (TPSA) is 133 Å². The standard InChI is InChI=1S/C27H24ClN3O7S2/c1-3-37-24(32)16-31-22-13-8-18(26(34)38-4-2)15-23(22)39-27(31)29-25(33)17-6-5-7-20(14-17)30-40(35,36)21-11-9-19(28)10-12-21/h5-15,30H,3-4,16H2,1-2H3. The Labute approximate surface area is 238 Å². The van der Waals surface area contributed by atoms with E-state index in [2.05, 4.69) is 9.71 Å². The van der Waals surface area contributed by atoms with Crippen LogP contribution in [0.1, 0.15) is 34.6 Å². The number of hydrogen-bond donors (Lipinski definition) is 1. The smallest absolute Gasteiger partial charge is 0.338 e. The summed E-state index contributed by atoms with van der Waals surface area (Å²) in [4.78, 5) is 42.1. The zero-order valence-corrected chi connectivity index (χ0v) is 23.8. The van der Waals surface area contributed by atoms with Crippen molar-refractivity contribution >= 4 is 66.7 Å². The SMILES string of the molecule is CCOC(=O)Cn1c(=NC(=O)c2cccc(NS(=O)(=O)c3ccc(Cl)cc3)c2)sc2cc(C(=O)OCC)ccc21. The van der Waals surface area contributed by atoms with E-state index in [1.54, 1.807) is 32.0 Å². The number of fused-ring (bicyclic) bond motifs is 1. The highest BCUT2D eigenvalue weighted by Gasteiger charge is 2.17. The van der Waals surface area contributed by atoms with Crippen molar-refractivity contribution in [2.24, 2.45) is 4.99 Å². The molecule has 0 aliphatic carbocycles. The van der Waals surface area contributed by atoms with E-state index >= 15 is 0 Å². The molecule has 1 N–H and O–H groups in total. The van der Waals surface area contributed by atoms with Crippen LogP contribution in [0.4, 0.5) is 5.69 Å². The molecule has 0 aliphatic heterocycles. The first kappa shape index (κ1) is 29.0. The number of nitrogens with zero attached hydrogens (tertiary/aromatic N) is 2. The van der Waals surface area contributed by atoms with Gasteiger partial charge in [0.1, 0.15) is 6.54 Å². The molecule has 0 saturated carbocycles. The lowest BCUT2D eigenvalue weighted by Gasteiger charge is -2.09. The fourth-order valence-electron chi connectivity index (χ4n) is 3.68. The zero-order chi connectivity index (χ0) is 28.9. The molecule has 1 amide bonds. The molecule has 0 aliphatic rings. The van der Waals surface area contributed by atoms with Gasteiger partial charge >= 0.3 is 11.9 Å². The number of halogens is 1. The summed E-state index contributed by atoms with van der Waals surface area (Å²) in [5, 5.41) is 0.395. The summed E-state index contributed by atoms with van der Waals surface area (Å²) < 4.78 is 40.2. The minimum Gasteiger partial charge on any atom is -0.465 e. The zero-order valence-electron chi connectivity index (χ0n) is 21.4. The lowest BCUT2D eigenvalue weighted by molar-refractivity contribution is -0.143. The van der Waals surface area contributed by atoms with Crippen LogP contribution in [-0.2, 0) is 30.8 Å². The number of benzene rings is 3. The maximum absolute atomic E-state index is 13.2. The van der Waals surface area contributed by atoms with Gasteiger partial charge in [0.15, 0.2) is 4.80 Å². The molecule has 208 valence electrons. The lowest BCUT2D eigenvalue weighted by Crippen LogP contribution is -2.23. The van der Waals surface area contributed by atoms with Gasteiger partial charge in [0.2, 0.25) is 0 Å². The fraction of sp³-hybridized carbons (Fsp3) is 0.185. The number of esters is 2. The third-order valence-corrected chi connectivity index (χ3v) is 8.16. The van der Waals surface area contributed by atoms with E-state index < -0.39 is 27.9 Å². The Morgan fingerprint density at radius 3 is 2.38 bits per heavy atom. The van der Waals surface area contributed by atoms with Gasteiger partial charge in [-0.3, -0.25) is 14.3 Å². The van der Waals surface area contributed by atoms with Gasteiger partial charge in [-0.2, -0.15) is 4.99 Å². The van der Waals surface area contributed by atoms with Gasteiger partial charge in [-0.05, 0) is 74.5 Å². The summed E-state index contributed by atoms with van der Waals surface area (Å²) in [6.07, 6.45) is 0. The predicted molar refractivity (Wildman–Crippen MR) is 151 cm³/mol. The van der Waals surface area contributed by atoms with Crippen LogP contribution < -0.4 is 9.52 Å². The van der Waals surface area contributed by atoms with Crippen LogP contribution >= 0.6 is 22.9 Å².